The summed E-state index contributed by atoms with van der Waals surface area (Å²) < 4.78 is 5.83. The number of ether oxygens (including phenoxy) is 1. The lowest BCUT2D eigenvalue weighted by molar-refractivity contribution is 0.0159. The molecule has 1 unspecified atom stereocenters. The number of hydrogen-bond acceptors (Lipinski definition) is 8. The molecule has 2 saturated carbocycles. The number of benzene rings is 1. The number of carbonyl (C=O) groups is 1. The average molecular weight is 626 g/mol. The minimum absolute atomic E-state index is 0.0839. The van der Waals surface area contributed by atoms with Crippen molar-refractivity contribution in [2.75, 3.05) is 36.4 Å². The van der Waals surface area contributed by atoms with Gasteiger partial charge in [0, 0.05) is 24.8 Å². The molecule has 3 atom stereocenters. The Morgan fingerprint density at radius 3 is 2.33 bits per heavy atom. The average Bonchev–Trinajstić information content (AvgIpc) is 3.71. The van der Waals surface area contributed by atoms with Crippen molar-refractivity contribution in [3.63, 3.8) is 0 Å². The Balaban J connectivity index is 1.07. The predicted octanol–water partition coefficient (Wildman–Crippen LogP) is 7.22. The quantitative estimate of drug-likeness (QED) is 0.360. The lowest BCUT2D eigenvalue weighted by Gasteiger charge is -2.48. The van der Waals surface area contributed by atoms with E-state index in [1.54, 1.807) is 6.20 Å². The van der Waals surface area contributed by atoms with Crippen LogP contribution in [0.15, 0.2) is 30.5 Å². The van der Waals surface area contributed by atoms with Gasteiger partial charge in [-0.3, -0.25) is 0 Å². The number of fused-ring (bicyclic) bond motifs is 1. The van der Waals surface area contributed by atoms with Crippen LogP contribution >= 0.6 is 0 Å². The summed E-state index contributed by atoms with van der Waals surface area (Å²) >= 11 is 0. The number of nitrogens with zero attached hydrogens (tertiary/aromatic N) is 6. The molecule has 2 aromatic rings. The van der Waals surface area contributed by atoms with Gasteiger partial charge in [0.15, 0.2) is 11.5 Å². The fourth-order valence-corrected chi connectivity index (χ4v) is 8.85. The fourth-order valence-electron chi connectivity index (χ4n) is 8.85. The highest BCUT2D eigenvalue weighted by Gasteiger charge is 2.48. The third-order valence-corrected chi connectivity index (χ3v) is 11.5. The summed E-state index contributed by atoms with van der Waals surface area (Å²) in [6, 6.07) is 12.0. The Morgan fingerprint density at radius 2 is 1.67 bits per heavy atom. The summed E-state index contributed by atoms with van der Waals surface area (Å²) in [5, 5.41) is 13.4. The number of nitrogens with one attached hydrogen (secondary N) is 1. The highest BCUT2D eigenvalue weighted by atomic mass is 16.6. The second-order valence-electron chi connectivity index (χ2n) is 15.5. The zero-order valence-electron chi connectivity index (χ0n) is 28.0. The van der Waals surface area contributed by atoms with Crippen LogP contribution in [0.5, 0.6) is 0 Å². The molecule has 3 saturated heterocycles. The number of rotatable bonds is 6. The van der Waals surface area contributed by atoms with E-state index in [4.69, 9.17) is 9.72 Å². The molecule has 4 heterocycles. The number of likely N-dealkylation sites (tertiary alicyclic amines) is 2. The number of nitriles is 1. The molecule has 0 spiro atoms. The molecule has 5 aliphatic rings. The van der Waals surface area contributed by atoms with Crippen molar-refractivity contribution in [3.05, 3.63) is 41.7 Å². The zero-order valence-corrected chi connectivity index (χ0v) is 28.0. The van der Waals surface area contributed by atoms with E-state index in [2.05, 4.69) is 50.4 Å². The molecular formula is C37H51N7O2. The first-order valence-corrected chi connectivity index (χ1v) is 17.9. The van der Waals surface area contributed by atoms with Crippen LogP contribution in [0.1, 0.15) is 109 Å². The minimum Gasteiger partial charge on any atom is -0.444 e. The second-order valence-corrected chi connectivity index (χ2v) is 15.5. The van der Waals surface area contributed by atoms with Crippen molar-refractivity contribution in [1.29, 1.82) is 5.26 Å². The van der Waals surface area contributed by atoms with Crippen molar-refractivity contribution in [2.45, 2.75) is 121 Å². The van der Waals surface area contributed by atoms with E-state index in [-0.39, 0.29) is 23.9 Å². The number of piperidine rings is 2. The Labute approximate surface area is 274 Å². The van der Waals surface area contributed by atoms with E-state index in [0.29, 0.717) is 30.1 Å². The van der Waals surface area contributed by atoms with Crippen LogP contribution in [0.3, 0.4) is 0 Å². The molecular weight excluding hydrogens is 574 g/mol. The maximum absolute atomic E-state index is 13.3. The van der Waals surface area contributed by atoms with Crippen LogP contribution in [-0.2, 0) is 4.74 Å². The van der Waals surface area contributed by atoms with E-state index in [9.17, 15) is 10.1 Å². The molecule has 1 amide bonds. The molecule has 0 bridgehead atoms. The Bertz CT molecular complexity index is 1410. The normalized spacial score (nSPS) is 26.4. The standard InChI is InChI=1S/C37H51N7O2/c1-37(2,3)46-36(45)43-20-17-32-33(43)21-28(25-7-6-8-25)24-44(32)34-23-39-31(22-38)35(41-34)40-29-13-11-26(12-14-29)27-15-18-42(19-16-27)30-9-4-5-10-30/h11-14,23,25,27-28,30,32-33H,4-10,15-21,24H2,1-3H3,(H,40,41)/t28?,32-,33-/m1/s1. The predicted molar refractivity (Wildman–Crippen MR) is 180 cm³/mol. The van der Waals surface area contributed by atoms with E-state index in [0.717, 1.165) is 36.9 Å². The Morgan fingerprint density at radius 1 is 0.935 bits per heavy atom. The third-order valence-electron chi connectivity index (χ3n) is 11.5. The molecule has 46 heavy (non-hydrogen) atoms. The monoisotopic (exact) mass is 625 g/mol. The second kappa shape index (κ2) is 13.0. The van der Waals surface area contributed by atoms with Gasteiger partial charge in [-0.2, -0.15) is 5.26 Å². The van der Waals surface area contributed by atoms with Crippen molar-refractivity contribution < 1.29 is 9.53 Å². The van der Waals surface area contributed by atoms with Crippen LogP contribution < -0.4 is 10.2 Å². The van der Waals surface area contributed by atoms with E-state index in [1.165, 1.54) is 76.4 Å². The lowest BCUT2D eigenvalue weighted by atomic mass is 9.71. The summed E-state index contributed by atoms with van der Waals surface area (Å²) in [4.78, 5) is 30.0. The van der Waals surface area contributed by atoms with E-state index >= 15 is 0 Å². The molecule has 1 aromatic carbocycles. The van der Waals surface area contributed by atoms with Crippen LogP contribution in [0.25, 0.3) is 0 Å². The fraction of sp³-hybridized carbons (Fsp3) is 0.676. The number of aromatic nitrogens is 2. The molecule has 5 fully saturated rings. The van der Waals surface area contributed by atoms with Gasteiger partial charge in [-0.1, -0.05) is 44.2 Å². The van der Waals surface area contributed by atoms with Gasteiger partial charge in [0.1, 0.15) is 17.5 Å². The molecule has 0 radical (unpaired) electrons. The maximum atomic E-state index is 13.3. The largest absolute Gasteiger partial charge is 0.444 e. The van der Waals surface area contributed by atoms with Crippen LogP contribution in [0.2, 0.25) is 0 Å². The van der Waals surface area contributed by atoms with Gasteiger partial charge in [-0.15, -0.1) is 0 Å². The summed E-state index contributed by atoms with van der Waals surface area (Å²) in [5.74, 6) is 3.04. The van der Waals surface area contributed by atoms with Crippen molar-refractivity contribution in [3.8, 4) is 6.07 Å². The summed E-state index contributed by atoms with van der Waals surface area (Å²) in [6.07, 6.45) is 15.2. The minimum atomic E-state index is -0.527. The van der Waals surface area contributed by atoms with Gasteiger partial charge in [-0.05, 0) is 108 Å². The first kappa shape index (κ1) is 31.2. The smallest absolute Gasteiger partial charge is 0.410 e. The SMILES string of the molecule is CC(C)(C)OC(=O)N1CC[C@@H]2[C@H]1CC(C1CCC1)CN2c1cnc(C#N)c(Nc2ccc(C3CCN(C4CCCC4)CC3)cc2)n1. The van der Waals surface area contributed by atoms with E-state index < -0.39 is 5.60 Å². The molecule has 1 aromatic heterocycles. The van der Waals surface area contributed by atoms with E-state index in [1.807, 2.05) is 25.7 Å². The van der Waals surface area contributed by atoms with Gasteiger partial charge >= 0.3 is 6.09 Å². The summed E-state index contributed by atoms with van der Waals surface area (Å²) in [5.41, 5.74) is 2.07. The first-order chi connectivity index (χ1) is 22.3. The third kappa shape index (κ3) is 6.56. The number of anilines is 3. The molecule has 9 nitrogen and oxygen atoms in total. The number of hydrogen-bond donors (Lipinski definition) is 1. The molecule has 246 valence electrons. The lowest BCUT2D eigenvalue weighted by Crippen LogP contribution is -2.56. The maximum Gasteiger partial charge on any atom is 0.410 e. The summed E-state index contributed by atoms with van der Waals surface area (Å²) in [7, 11) is 0. The Hall–Kier alpha value is -3.38. The molecule has 9 heteroatoms. The van der Waals surface area contributed by atoms with Crippen molar-refractivity contribution in [2.24, 2.45) is 11.8 Å². The zero-order chi connectivity index (χ0) is 31.8. The first-order valence-electron chi connectivity index (χ1n) is 17.9. The van der Waals surface area contributed by atoms with Gasteiger partial charge in [-0.25, -0.2) is 14.8 Å². The van der Waals surface area contributed by atoms with Gasteiger partial charge < -0.3 is 24.8 Å². The van der Waals surface area contributed by atoms with Crippen LogP contribution in [0.4, 0.5) is 22.1 Å². The topological polar surface area (TPSA) is 97.6 Å². The summed E-state index contributed by atoms with van der Waals surface area (Å²) in [6.45, 7) is 9.78. The molecule has 3 aliphatic heterocycles. The van der Waals surface area contributed by atoms with Gasteiger partial charge in [0.05, 0.1) is 18.3 Å². The molecule has 2 aliphatic carbocycles. The van der Waals surface area contributed by atoms with Crippen LogP contribution in [-0.4, -0.2) is 75.8 Å². The highest BCUT2D eigenvalue weighted by Crippen LogP contribution is 2.44. The van der Waals surface area contributed by atoms with Crippen molar-refractivity contribution >= 4 is 23.4 Å². The van der Waals surface area contributed by atoms with Gasteiger partial charge in [0.25, 0.3) is 0 Å². The molecule has 7 rings (SSSR count). The number of carbonyl (C=O) groups excluding carboxylic acids is 1. The molecule has 1 N–H and O–H groups in total. The van der Waals surface area contributed by atoms with Crippen LogP contribution in [0, 0.1) is 23.2 Å². The van der Waals surface area contributed by atoms with Crippen molar-refractivity contribution in [1.82, 2.24) is 19.8 Å². The number of amides is 1. The Kier molecular flexibility index (Phi) is 8.84. The highest BCUT2D eigenvalue weighted by molar-refractivity contribution is 5.70. The van der Waals surface area contributed by atoms with Gasteiger partial charge in [0.2, 0.25) is 0 Å².